The van der Waals surface area contributed by atoms with Crippen molar-refractivity contribution in [3.63, 3.8) is 0 Å². The van der Waals surface area contributed by atoms with Gasteiger partial charge in [0.15, 0.2) is 0 Å². The topological polar surface area (TPSA) is 112 Å². The summed E-state index contributed by atoms with van der Waals surface area (Å²) in [6.45, 7) is 6.24. The maximum absolute atomic E-state index is 13.5. The molecular formula is C36H47NO9S2. The predicted octanol–water partition coefficient (Wildman–Crippen LogP) is 6.35. The molecule has 2 aromatic carbocycles. The van der Waals surface area contributed by atoms with Crippen molar-refractivity contribution >= 4 is 50.3 Å². The summed E-state index contributed by atoms with van der Waals surface area (Å²) in [5, 5.41) is 1.51. The highest BCUT2D eigenvalue weighted by molar-refractivity contribution is 8.77. The Balaban J connectivity index is 1.06. The molecule has 0 radical (unpaired) electrons. The summed E-state index contributed by atoms with van der Waals surface area (Å²) in [7, 11) is 5.50. The molecule has 4 rings (SSSR count). The van der Waals surface area contributed by atoms with Gasteiger partial charge in [0.1, 0.15) is 19.0 Å². The molecule has 2 heterocycles. The average Bonchev–Trinajstić information content (AvgIpc) is 3.70. The molecule has 12 heteroatoms. The SMILES string of the molecule is COc1ccc2c(c1)c(CC(=O)OCCOCCOCCOCCOC(=O)CCCCC1CCSS1)c(C)n2C(=O)c1ccc(C)cc1. The molecular weight excluding hydrogens is 655 g/mol. The minimum Gasteiger partial charge on any atom is -0.497 e. The number of unbranched alkanes of at least 4 members (excludes halogenated alkanes) is 1. The maximum Gasteiger partial charge on any atom is 0.310 e. The lowest BCUT2D eigenvalue weighted by Gasteiger charge is -2.09. The van der Waals surface area contributed by atoms with E-state index in [2.05, 4.69) is 0 Å². The zero-order valence-corrected chi connectivity index (χ0v) is 29.8. The summed E-state index contributed by atoms with van der Waals surface area (Å²) < 4.78 is 34.2. The number of benzene rings is 2. The summed E-state index contributed by atoms with van der Waals surface area (Å²) >= 11 is 0. The Morgan fingerprint density at radius 1 is 0.812 bits per heavy atom. The number of methoxy groups -OCH3 is 1. The monoisotopic (exact) mass is 701 g/mol. The van der Waals surface area contributed by atoms with Crippen LogP contribution < -0.4 is 4.74 Å². The van der Waals surface area contributed by atoms with Crippen LogP contribution in [0.3, 0.4) is 0 Å². The highest BCUT2D eigenvalue weighted by Gasteiger charge is 2.22. The fourth-order valence-electron chi connectivity index (χ4n) is 5.34. The van der Waals surface area contributed by atoms with Crippen LogP contribution in [0.5, 0.6) is 5.75 Å². The number of esters is 2. The molecule has 1 unspecified atom stereocenters. The van der Waals surface area contributed by atoms with Gasteiger partial charge in [0.25, 0.3) is 5.91 Å². The number of carbonyl (C=O) groups excluding carboxylic acids is 3. The third-order valence-corrected chi connectivity index (χ3v) is 11.0. The molecule has 10 nitrogen and oxygen atoms in total. The summed E-state index contributed by atoms with van der Waals surface area (Å²) in [6, 6.07) is 12.9. The molecule has 1 fully saturated rings. The van der Waals surface area contributed by atoms with E-state index in [-0.39, 0.29) is 38.1 Å². The van der Waals surface area contributed by atoms with Crippen LogP contribution >= 0.6 is 21.6 Å². The number of ether oxygens (including phenoxy) is 6. The lowest BCUT2D eigenvalue weighted by Crippen LogP contribution is -2.16. The normalized spacial score (nSPS) is 14.4. The number of rotatable bonds is 21. The summed E-state index contributed by atoms with van der Waals surface area (Å²) in [5.74, 6) is 1.13. The van der Waals surface area contributed by atoms with Crippen LogP contribution in [-0.2, 0) is 39.7 Å². The first-order valence-corrected chi connectivity index (χ1v) is 18.9. The first-order chi connectivity index (χ1) is 23.4. The van der Waals surface area contributed by atoms with E-state index in [1.165, 1.54) is 18.6 Å². The van der Waals surface area contributed by atoms with Gasteiger partial charge >= 0.3 is 11.9 Å². The Morgan fingerprint density at radius 2 is 1.46 bits per heavy atom. The molecule has 1 aliphatic rings. The van der Waals surface area contributed by atoms with Crippen LogP contribution in [0.1, 0.15) is 59.3 Å². The smallest absolute Gasteiger partial charge is 0.310 e. The second kappa shape index (κ2) is 20.5. The van der Waals surface area contributed by atoms with E-state index in [1.54, 1.807) is 29.9 Å². The van der Waals surface area contributed by atoms with Gasteiger partial charge in [-0.25, -0.2) is 0 Å². The minimum atomic E-state index is -0.414. The van der Waals surface area contributed by atoms with Crippen molar-refractivity contribution in [2.45, 2.75) is 57.6 Å². The van der Waals surface area contributed by atoms with Crippen molar-refractivity contribution in [1.29, 1.82) is 0 Å². The first kappa shape index (κ1) is 37.8. The van der Waals surface area contributed by atoms with Crippen LogP contribution in [-0.4, -0.2) is 93.4 Å². The van der Waals surface area contributed by atoms with Crippen molar-refractivity contribution in [3.8, 4) is 5.75 Å². The molecule has 1 atom stereocenters. The number of fused-ring (bicyclic) bond motifs is 1. The molecule has 0 spiro atoms. The van der Waals surface area contributed by atoms with Gasteiger partial charge in [-0.3, -0.25) is 19.0 Å². The fourth-order valence-corrected chi connectivity index (χ4v) is 8.37. The summed E-state index contributed by atoms with van der Waals surface area (Å²) in [6.07, 6.45) is 4.87. The molecule has 0 bridgehead atoms. The number of nitrogens with zero attached hydrogens (tertiary/aromatic N) is 1. The number of carbonyl (C=O) groups is 3. The van der Waals surface area contributed by atoms with Gasteiger partial charge in [-0.15, -0.1) is 0 Å². The molecule has 1 aromatic heterocycles. The number of aryl methyl sites for hydroxylation is 1. The van der Waals surface area contributed by atoms with Crippen LogP contribution in [0.4, 0.5) is 0 Å². The third kappa shape index (κ3) is 11.8. The molecule has 3 aromatic rings. The van der Waals surface area contributed by atoms with Crippen molar-refractivity contribution in [2.75, 3.05) is 65.7 Å². The Kier molecular flexibility index (Phi) is 16.1. The van der Waals surface area contributed by atoms with Crippen LogP contribution in [0.25, 0.3) is 10.9 Å². The van der Waals surface area contributed by atoms with E-state index in [0.717, 1.165) is 29.0 Å². The lowest BCUT2D eigenvalue weighted by molar-refractivity contribution is -0.145. The quantitative estimate of drug-likeness (QED) is 0.0704. The summed E-state index contributed by atoms with van der Waals surface area (Å²) in [4.78, 5) is 38.1. The first-order valence-electron chi connectivity index (χ1n) is 16.5. The van der Waals surface area contributed by atoms with Crippen molar-refractivity contribution < 1.29 is 42.8 Å². The van der Waals surface area contributed by atoms with Crippen LogP contribution in [0.15, 0.2) is 42.5 Å². The maximum atomic E-state index is 13.5. The lowest BCUT2D eigenvalue weighted by atomic mass is 10.1. The Hall–Kier alpha value is -3.03. The van der Waals surface area contributed by atoms with Crippen LogP contribution in [0.2, 0.25) is 0 Å². The predicted molar refractivity (Wildman–Crippen MR) is 189 cm³/mol. The van der Waals surface area contributed by atoms with Crippen molar-refractivity contribution in [1.82, 2.24) is 4.57 Å². The largest absolute Gasteiger partial charge is 0.497 e. The number of hydrogen-bond donors (Lipinski definition) is 0. The van der Waals surface area contributed by atoms with E-state index in [9.17, 15) is 14.4 Å². The second-order valence-electron chi connectivity index (χ2n) is 11.5. The molecule has 262 valence electrons. The van der Waals surface area contributed by atoms with E-state index >= 15 is 0 Å². The zero-order valence-electron chi connectivity index (χ0n) is 28.2. The number of aromatic nitrogens is 1. The molecule has 0 saturated carbocycles. The van der Waals surface area contributed by atoms with Gasteiger partial charge in [0.2, 0.25) is 0 Å². The van der Waals surface area contributed by atoms with Gasteiger partial charge in [-0.05, 0) is 69.0 Å². The zero-order chi connectivity index (χ0) is 34.1. The number of hydrogen-bond acceptors (Lipinski definition) is 11. The summed E-state index contributed by atoms with van der Waals surface area (Å²) in [5.41, 5.74) is 3.72. The second-order valence-corrected chi connectivity index (χ2v) is 14.3. The standard InChI is InChI=1S/C36H47NO9S2/c1-26-8-10-28(11-9-26)36(40)37-27(2)31(32-24-29(41-3)12-13-33(32)37)25-35(39)46-22-20-44-18-16-42-15-17-43-19-21-45-34(38)7-5-4-6-30-14-23-47-48-30/h8-13,24,30H,4-7,14-23,25H2,1-3H3. The molecule has 0 amide bonds. The molecule has 1 aliphatic heterocycles. The van der Waals surface area contributed by atoms with Gasteiger partial charge in [0, 0.05) is 34.1 Å². The highest BCUT2D eigenvalue weighted by Crippen LogP contribution is 2.40. The van der Waals surface area contributed by atoms with Crippen LogP contribution in [0, 0.1) is 13.8 Å². The van der Waals surface area contributed by atoms with E-state index in [1.807, 2.05) is 59.7 Å². The van der Waals surface area contributed by atoms with E-state index < -0.39 is 5.97 Å². The Labute approximate surface area is 290 Å². The Bertz CT molecular complexity index is 1470. The van der Waals surface area contributed by atoms with Gasteiger partial charge < -0.3 is 28.4 Å². The van der Waals surface area contributed by atoms with Gasteiger partial charge in [-0.1, -0.05) is 45.7 Å². The minimum absolute atomic E-state index is 0.00500. The molecule has 0 N–H and O–H groups in total. The van der Waals surface area contributed by atoms with E-state index in [0.29, 0.717) is 67.5 Å². The highest BCUT2D eigenvalue weighted by atomic mass is 33.1. The fraction of sp³-hybridized carbons (Fsp3) is 0.528. The third-order valence-electron chi connectivity index (χ3n) is 7.97. The van der Waals surface area contributed by atoms with Crippen molar-refractivity contribution in [2.24, 2.45) is 0 Å². The van der Waals surface area contributed by atoms with E-state index in [4.69, 9.17) is 28.4 Å². The van der Waals surface area contributed by atoms with Gasteiger partial charge in [-0.2, -0.15) is 0 Å². The van der Waals surface area contributed by atoms with Crippen molar-refractivity contribution in [3.05, 3.63) is 64.8 Å². The van der Waals surface area contributed by atoms with Gasteiger partial charge in [0.05, 0.1) is 58.7 Å². The molecule has 48 heavy (non-hydrogen) atoms. The Morgan fingerprint density at radius 3 is 2.08 bits per heavy atom. The molecule has 0 aliphatic carbocycles. The average molecular weight is 702 g/mol. The molecule has 1 saturated heterocycles.